The number of hydrogen-bond donors (Lipinski definition) is 2. The number of carbonyl (C=O) groups excluding carboxylic acids is 3. The van der Waals surface area contributed by atoms with Crippen molar-refractivity contribution >= 4 is 17.8 Å². The van der Waals surface area contributed by atoms with Crippen LogP contribution in [-0.4, -0.2) is 39.9 Å². The maximum atomic E-state index is 11.7. The molecule has 0 unspecified atom stereocenters. The molecule has 2 amide bonds. The van der Waals surface area contributed by atoms with E-state index in [0.717, 1.165) is 0 Å². The van der Waals surface area contributed by atoms with E-state index in [0.29, 0.717) is 17.5 Å². The zero-order chi connectivity index (χ0) is 18.5. The molecule has 0 atom stereocenters. The highest BCUT2D eigenvalue weighted by molar-refractivity contribution is 6.00. The zero-order valence-corrected chi connectivity index (χ0v) is 14.5. The van der Waals surface area contributed by atoms with Gasteiger partial charge in [-0.15, -0.1) is 0 Å². The fourth-order valence-electron chi connectivity index (χ4n) is 2.10. The van der Waals surface area contributed by atoms with Gasteiger partial charge < -0.3 is 20.5 Å². The Balaban J connectivity index is 0.000000277. The first-order chi connectivity index (χ1) is 11.0. The summed E-state index contributed by atoms with van der Waals surface area (Å²) >= 11 is 0. The number of aromatic hydroxyl groups is 1. The van der Waals surface area contributed by atoms with E-state index in [1.165, 1.54) is 11.0 Å². The van der Waals surface area contributed by atoms with E-state index in [1.54, 1.807) is 19.1 Å². The Morgan fingerprint density at radius 3 is 2.38 bits per heavy atom. The molecule has 0 radical (unpaired) electrons. The molecule has 7 heteroatoms. The summed E-state index contributed by atoms with van der Waals surface area (Å²) in [5, 5.41) is 9.51. The van der Waals surface area contributed by atoms with Crippen LogP contribution in [0, 0.1) is 0 Å². The number of fused-ring (bicyclic) bond motifs is 1. The van der Waals surface area contributed by atoms with Crippen LogP contribution in [0.25, 0.3) is 0 Å². The first-order valence-electron chi connectivity index (χ1n) is 7.65. The number of hydrogen-bond acceptors (Lipinski definition) is 5. The standard InChI is InChI=1S/C10H10N2O3.C7H14O2/c11-9(14)5-12-4-7-6(10(12)15)2-1-3-8(7)13;1-5-6(8)9-7(2,3)4/h1-3,13H,4-5H2,(H2,11,14);5H2,1-4H3. The first kappa shape index (κ1) is 19.5. The number of nitrogens with zero attached hydrogens (tertiary/aromatic N) is 1. The molecule has 0 spiro atoms. The Bertz CT molecular complexity index is 634. The molecule has 3 N–H and O–H groups in total. The van der Waals surface area contributed by atoms with Crippen LogP contribution in [0.15, 0.2) is 18.2 Å². The van der Waals surface area contributed by atoms with Crippen molar-refractivity contribution in [3.8, 4) is 5.75 Å². The Labute approximate surface area is 141 Å². The lowest BCUT2D eigenvalue weighted by Crippen LogP contribution is -2.33. The number of ether oxygens (including phenoxy) is 1. The van der Waals surface area contributed by atoms with Crippen LogP contribution in [0.4, 0.5) is 0 Å². The largest absolute Gasteiger partial charge is 0.508 e. The topological polar surface area (TPSA) is 110 Å². The maximum absolute atomic E-state index is 11.7. The minimum Gasteiger partial charge on any atom is -0.508 e. The predicted molar refractivity (Wildman–Crippen MR) is 88.2 cm³/mol. The zero-order valence-electron chi connectivity index (χ0n) is 14.5. The minimum atomic E-state index is -0.560. The van der Waals surface area contributed by atoms with E-state index >= 15 is 0 Å². The molecule has 132 valence electrons. The van der Waals surface area contributed by atoms with Gasteiger partial charge in [-0.2, -0.15) is 0 Å². The van der Waals surface area contributed by atoms with Crippen molar-refractivity contribution in [3.05, 3.63) is 29.3 Å². The SMILES string of the molecule is CCC(=O)OC(C)(C)C.NC(=O)CN1Cc2c(O)cccc2C1=O. The summed E-state index contributed by atoms with van der Waals surface area (Å²) in [6.45, 7) is 7.49. The molecule has 1 aromatic rings. The number of amides is 2. The van der Waals surface area contributed by atoms with Crippen LogP contribution in [0.1, 0.15) is 50.0 Å². The second-order valence-electron chi connectivity index (χ2n) is 6.37. The van der Waals surface area contributed by atoms with Crippen molar-refractivity contribution in [2.75, 3.05) is 6.54 Å². The summed E-state index contributed by atoms with van der Waals surface area (Å²) in [4.78, 5) is 34.3. The highest BCUT2D eigenvalue weighted by Crippen LogP contribution is 2.29. The molecule has 0 saturated heterocycles. The molecule has 0 aromatic heterocycles. The smallest absolute Gasteiger partial charge is 0.306 e. The van der Waals surface area contributed by atoms with Crippen molar-refractivity contribution < 1.29 is 24.2 Å². The van der Waals surface area contributed by atoms with Gasteiger partial charge in [0.05, 0.1) is 13.1 Å². The summed E-state index contributed by atoms with van der Waals surface area (Å²) in [6.07, 6.45) is 0.456. The summed E-state index contributed by atoms with van der Waals surface area (Å²) in [5.74, 6) is -0.884. The number of phenols is 1. The van der Waals surface area contributed by atoms with Gasteiger partial charge in [0, 0.05) is 17.5 Å². The Hall–Kier alpha value is -2.57. The van der Waals surface area contributed by atoms with Crippen LogP contribution in [0.5, 0.6) is 5.75 Å². The van der Waals surface area contributed by atoms with Crippen LogP contribution in [0.2, 0.25) is 0 Å². The predicted octanol–water partition coefficient (Wildman–Crippen LogP) is 1.57. The number of benzene rings is 1. The van der Waals surface area contributed by atoms with Gasteiger partial charge in [-0.1, -0.05) is 13.0 Å². The average molecular weight is 336 g/mol. The molecule has 2 rings (SSSR count). The molecule has 24 heavy (non-hydrogen) atoms. The molecule has 1 aliphatic rings. The highest BCUT2D eigenvalue weighted by atomic mass is 16.6. The number of esters is 1. The van der Waals surface area contributed by atoms with Crippen molar-refractivity contribution in [2.45, 2.75) is 46.3 Å². The molecule has 0 bridgehead atoms. The van der Waals surface area contributed by atoms with E-state index in [9.17, 15) is 19.5 Å². The summed E-state index contributed by atoms with van der Waals surface area (Å²) in [5.41, 5.74) is 5.69. The third-order valence-electron chi connectivity index (χ3n) is 3.07. The summed E-state index contributed by atoms with van der Waals surface area (Å²) in [6, 6.07) is 4.73. The van der Waals surface area contributed by atoms with Gasteiger partial charge in [-0.3, -0.25) is 14.4 Å². The second kappa shape index (κ2) is 7.81. The van der Waals surface area contributed by atoms with E-state index in [1.807, 2.05) is 20.8 Å². The Morgan fingerprint density at radius 2 is 1.96 bits per heavy atom. The third-order valence-corrected chi connectivity index (χ3v) is 3.07. The number of primary amides is 1. The van der Waals surface area contributed by atoms with Gasteiger partial charge >= 0.3 is 5.97 Å². The molecule has 7 nitrogen and oxygen atoms in total. The lowest BCUT2D eigenvalue weighted by Gasteiger charge is -2.18. The number of phenolic OH excluding ortho intramolecular Hbond substituents is 1. The van der Waals surface area contributed by atoms with Crippen molar-refractivity contribution in [3.63, 3.8) is 0 Å². The molecule has 0 fully saturated rings. The molecule has 0 aliphatic carbocycles. The average Bonchev–Trinajstić information content (AvgIpc) is 2.76. The van der Waals surface area contributed by atoms with Gasteiger partial charge in [-0.25, -0.2) is 0 Å². The van der Waals surface area contributed by atoms with Crippen LogP contribution in [-0.2, 0) is 20.9 Å². The van der Waals surface area contributed by atoms with E-state index in [4.69, 9.17) is 10.5 Å². The van der Waals surface area contributed by atoms with E-state index in [-0.39, 0.29) is 36.3 Å². The molecule has 0 saturated carbocycles. The monoisotopic (exact) mass is 336 g/mol. The Kier molecular flexibility index (Phi) is 6.34. The minimum absolute atomic E-state index is 0.0767. The second-order valence-corrected chi connectivity index (χ2v) is 6.37. The van der Waals surface area contributed by atoms with Gasteiger partial charge in [-0.05, 0) is 32.9 Å². The van der Waals surface area contributed by atoms with Crippen molar-refractivity contribution in [1.29, 1.82) is 0 Å². The number of rotatable bonds is 3. The quantitative estimate of drug-likeness (QED) is 0.814. The van der Waals surface area contributed by atoms with Gasteiger partial charge in [0.2, 0.25) is 5.91 Å². The van der Waals surface area contributed by atoms with E-state index in [2.05, 4.69) is 0 Å². The fraction of sp³-hybridized carbons (Fsp3) is 0.471. The Morgan fingerprint density at radius 1 is 1.33 bits per heavy atom. The van der Waals surface area contributed by atoms with Gasteiger partial charge in [0.1, 0.15) is 11.4 Å². The van der Waals surface area contributed by atoms with Crippen LogP contribution < -0.4 is 5.73 Å². The summed E-state index contributed by atoms with van der Waals surface area (Å²) < 4.78 is 4.95. The molecule has 1 aromatic carbocycles. The van der Waals surface area contributed by atoms with E-state index < -0.39 is 5.91 Å². The van der Waals surface area contributed by atoms with Gasteiger partial charge in [0.25, 0.3) is 5.91 Å². The normalized spacial score (nSPS) is 13.0. The summed E-state index contributed by atoms with van der Waals surface area (Å²) in [7, 11) is 0. The number of carbonyl (C=O) groups is 3. The van der Waals surface area contributed by atoms with Crippen LogP contribution >= 0.6 is 0 Å². The van der Waals surface area contributed by atoms with Crippen molar-refractivity contribution in [2.24, 2.45) is 5.73 Å². The molecular weight excluding hydrogens is 312 g/mol. The van der Waals surface area contributed by atoms with Gasteiger partial charge in [0.15, 0.2) is 0 Å². The van der Waals surface area contributed by atoms with Crippen LogP contribution in [0.3, 0.4) is 0 Å². The fourth-order valence-corrected chi connectivity index (χ4v) is 2.10. The lowest BCUT2D eigenvalue weighted by molar-refractivity contribution is -0.154. The third kappa shape index (κ3) is 5.57. The number of nitrogens with two attached hydrogens (primary N) is 1. The van der Waals surface area contributed by atoms with Crippen molar-refractivity contribution in [1.82, 2.24) is 4.90 Å². The first-order valence-corrected chi connectivity index (χ1v) is 7.65. The molecule has 1 heterocycles. The molecule has 1 aliphatic heterocycles. The maximum Gasteiger partial charge on any atom is 0.306 e. The highest BCUT2D eigenvalue weighted by Gasteiger charge is 2.29. The molecular formula is C17H24N2O5. The lowest BCUT2D eigenvalue weighted by atomic mass is 10.1.